The van der Waals surface area contributed by atoms with E-state index in [-0.39, 0.29) is 12.4 Å². The summed E-state index contributed by atoms with van der Waals surface area (Å²) in [4.78, 5) is 20.9. The molecule has 1 saturated heterocycles. The summed E-state index contributed by atoms with van der Waals surface area (Å²) >= 11 is 0. The highest BCUT2D eigenvalue weighted by atomic mass is 16.5. The van der Waals surface area contributed by atoms with Crippen LogP contribution in [0.5, 0.6) is 0 Å². The number of morpholine rings is 1. The Bertz CT molecular complexity index is 1410. The Balaban J connectivity index is 1.48. The zero-order valence-corrected chi connectivity index (χ0v) is 20.7. The molecule has 0 aliphatic carbocycles. The molecule has 4 aromatic rings. The van der Waals surface area contributed by atoms with Crippen molar-refractivity contribution >= 4 is 39.8 Å². The molecule has 0 spiro atoms. The van der Waals surface area contributed by atoms with Crippen molar-refractivity contribution in [2.75, 3.05) is 47.7 Å². The van der Waals surface area contributed by atoms with Crippen LogP contribution >= 0.6 is 0 Å². The predicted octanol–water partition coefficient (Wildman–Crippen LogP) is 4.91. The molecule has 3 heterocycles. The van der Waals surface area contributed by atoms with E-state index in [2.05, 4.69) is 46.3 Å². The highest BCUT2D eigenvalue weighted by Gasteiger charge is 2.42. The highest BCUT2D eigenvalue weighted by Crippen LogP contribution is 2.41. The summed E-state index contributed by atoms with van der Waals surface area (Å²) < 4.78 is 11.0. The molecule has 6 rings (SSSR count). The number of rotatable bonds is 6. The number of carbonyl (C=O) groups is 1. The van der Waals surface area contributed by atoms with Gasteiger partial charge in [0.25, 0.3) is 0 Å². The topological polar surface area (TPSA) is 73.4 Å². The van der Waals surface area contributed by atoms with Gasteiger partial charge in [0.1, 0.15) is 0 Å². The third kappa shape index (κ3) is 4.29. The number of H-pyrrole nitrogens is 1. The number of nitrogens with zero attached hydrogens (tertiary/aromatic N) is 4. The van der Waals surface area contributed by atoms with Crippen molar-refractivity contribution in [2.24, 2.45) is 5.10 Å². The average Bonchev–Trinajstić information content (AvgIpc) is 3.56. The van der Waals surface area contributed by atoms with Crippen molar-refractivity contribution in [3.63, 3.8) is 0 Å². The second kappa shape index (κ2) is 9.99. The first-order valence-corrected chi connectivity index (χ1v) is 12.6. The third-order valence-corrected chi connectivity index (χ3v) is 6.79. The summed E-state index contributed by atoms with van der Waals surface area (Å²) in [5, 5.41) is 7.83. The van der Waals surface area contributed by atoms with Gasteiger partial charge in [-0.05, 0) is 49.4 Å². The maximum atomic E-state index is 13.2. The monoisotopic (exact) mass is 495 g/mol. The fourth-order valence-electron chi connectivity index (χ4n) is 5.03. The number of anilines is 3. The number of hydrogen-bond acceptors (Lipinski definition) is 7. The number of hydrazone groups is 1. The van der Waals surface area contributed by atoms with Crippen molar-refractivity contribution in [3.05, 3.63) is 90.6 Å². The summed E-state index contributed by atoms with van der Waals surface area (Å²) in [6, 6.07) is 26.4. The molecule has 0 unspecified atom stereocenters. The largest absolute Gasteiger partial charge is 0.460 e. The molecule has 1 fully saturated rings. The van der Waals surface area contributed by atoms with Gasteiger partial charge < -0.3 is 19.4 Å². The minimum Gasteiger partial charge on any atom is -0.460 e. The van der Waals surface area contributed by atoms with Crippen LogP contribution in [0.1, 0.15) is 18.7 Å². The normalized spacial score (nSPS) is 17.8. The van der Waals surface area contributed by atoms with E-state index in [1.165, 1.54) is 0 Å². The summed E-state index contributed by atoms with van der Waals surface area (Å²) in [5.74, 6) is -0.205. The maximum Gasteiger partial charge on any atom is 0.376 e. The SMILES string of the molecule is CCOC(=O)C1=NN(c2ccccc2)[C@H](c2c[nH]c3ccccc23)N1c1ccc(N2CCOCC2)cc1. The molecule has 2 aliphatic rings. The Labute approximate surface area is 215 Å². The van der Waals surface area contributed by atoms with Gasteiger partial charge >= 0.3 is 5.97 Å². The molecule has 3 aromatic carbocycles. The van der Waals surface area contributed by atoms with Crippen molar-refractivity contribution in [3.8, 4) is 0 Å². The van der Waals surface area contributed by atoms with Crippen molar-refractivity contribution in [2.45, 2.75) is 13.1 Å². The Morgan fingerprint density at radius 1 is 0.946 bits per heavy atom. The van der Waals surface area contributed by atoms with E-state index in [0.29, 0.717) is 0 Å². The number of para-hydroxylation sites is 2. The van der Waals surface area contributed by atoms with Gasteiger partial charge in [-0.3, -0.25) is 4.90 Å². The zero-order chi connectivity index (χ0) is 25.2. The first-order valence-electron chi connectivity index (χ1n) is 12.6. The van der Waals surface area contributed by atoms with Gasteiger partial charge in [-0.1, -0.05) is 36.4 Å². The number of benzene rings is 3. The number of ether oxygens (including phenoxy) is 2. The van der Waals surface area contributed by atoms with E-state index in [0.717, 1.165) is 59.8 Å². The Kier molecular flexibility index (Phi) is 6.24. The molecule has 0 amide bonds. The van der Waals surface area contributed by atoms with Gasteiger partial charge in [0.05, 0.1) is 25.5 Å². The van der Waals surface area contributed by atoms with Gasteiger partial charge in [-0.2, -0.15) is 0 Å². The first-order chi connectivity index (χ1) is 18.2. The molecule has 8 nitrogen and oxygen atoms in total. The van der Waals surface area contributed by atoms with Crippen molar-refractivity contribution in [1.29, 1.82) is 0 Å². The van der Waals surface area contributed by atoms with Crippen LogP contribution in [0, 0.1) is 0 Å². The molecule has 0 saturated carbocycles. The number of carbonyl (C=O) groups excluding carboxylic acids is 1. The molecule has 1 atom stereocenters. The van der Waals surface area contributed by atoms with E-state index < -0.39 is 12.1 Å². The molecular formula is C29H29N5O3. The number of hydrogen-bond donors (Lipinski definition) is 1. The number of aromatic nitrogens is 1. The quantitative estimate of drug-likeness (QED) is 0.384. The Morgan fingerprint density at radius 3 is 2.41 bits per heavy atom. The van der Waals surface area contributed by atoms with Crippen molar-refractivity contribution < 1.29 is 14.3 Å². The van der Waals surface area contributed by atoms with Crippen LogP contribution in [0.3, 0.4) is 0 Å². The number of amidine groups is 1. The smallest absolute Gasteiger partial charge is 0.376 e. The van der Waals surface area contributed by atoms with Crippen LogP contribution in [0.25, 0.3) is 10.9 Å². The van der Waals surface area contributed by atoms with Crippen molar-refractivity contribution in [1.82, 2.24) is 4.98 Å². The lowest BCUT2D eigenvalue weighted by Gasteiger charge is -2.32. The lowest BCUT2D eigenvalue weighted by molar-refractivity contribution is -0.135. The summed E-state index contributed by atoms with van der Waals surface area (Å²) in [7, 11) is 0. The van der Waals surface area contributed by atoms with Crippen LogP contribution < -0.4 is 14.8 Å². The van der Waals surface area contributed by atoms with Gasteiger partial charge in [-0.15, -0.1) is 5.10 Å². The molecule has 8 heteroatoms. The van der Waals surface area contributed by atoms with Crippen LogP contribution in [0.4, 0.5) is 17.1 Å². The molecule has 37 heavy (non-hydrogen) atoms. The Hall–Kier alpha value is -4.30. The van der Waals surface area contributed by atoms with Crippen LogP contribution in [0.2, 0.25) is 0 Å². The maximum absolute atomic E-state index is 13.2. The van der Waals surface area contributed by atoms with Gasteiger partial charge in [0.15, 0.2) is 6.17 Å². The number of aromatic amines is 1. The number of nitrogens with one attached hydrogen (secondary N) is 1. The minimum absolute atomic E-state index is 0.250. The lowest BCUT2D eigenvalue weighted by Crippen LogP contribution is -2.39. The Morgan fingerprint density at radius 2 is 1.65 bits per heavy atom. The molecule has 0 bridgehead atoms. The molecule has 2 aliphatic heterocycles. The minimum atomic E-state index is -0.456. The third-order valence-electron chi connectivity index (χ3n) is 6.79. The molecule has 1 N–H and O–H groups in total. The van der Waals surface area contributed by atoms with Crippen LogP contribution in [0.15, 0.2) is 90.2 Å². The second-order valence-electron chi connectivity index (χ2n) is 8.97. The van der Waals surface area contributed by atoms with E-state index in [1.54, 1.807) is 6.92 Å². The highest BCUT2D eigenvalue weighted by molar-refractivity contribution is 6.42. The second-order valence-corrected chi connectivity index (χ2v) is 8.97. The fourth-order valence-corrected chi connectivity index (χ4v) is 5.03. The predicted molar refractivity (Wildman–Crippen MR) is 146 cm³/mol. The van der Waals surface area contributed by atoms with E-state index in [1.807, 2.05) is 58.6 Å². The van der Waals surface area contributed by atoms with Gasteiger partial charge in [0, 0.05) is 47.1 Å². The first kappa shape index (κ1) is 23.1. The van der Waals surface area contributed by atoms with Gasteiger partial charge in [0.2, 0.25) is 5.84 Å². The fraction of sp³-hybridized carbons (Fsp3) is 0.241. The van der Waals surface area contributed by atoms with E-state index in [9.17, 15) is 4.79 Å². The van der Waals surface area contributed by atoms with Crippen LogP contribution in [-0.4, -0.2) is 49.7 Å². The van der Waals surface area contributed by atoms with E-state index in [4.69, 9.17) is 14.6 Å². The van der Waals surface area contributed by atoms with Gasteiger partial charge in [-0.25, -0.2) is 9.80 Å². The summed E-state index contributed by atoms with van der Waals surface area (Å²) in [5.41, 5.74) is 4.91. The van der Waals surface area contributed by atoms with Crippen LogP contribution in [-0.2, 0) is 14.3 Å². The molecule has 188 valence electrons. The lowest BCUT2D eigenvalue weighted by atomic mass is 10.1. The molecular weight excluding hydrogens is 466 g/mol. The number of fused-ring (bicyclic) bond motifs is 1. The molecule has 1 aromatic heterocycles. The standard InChI is InChI=1S/C29H29N5O3/c1-2-37-29(35)27-31-34(23-8-4-3-5-9-23)28(25-20-30-26-11-7-6-10-24(25)26)33(27)22-14-12-21(13-15-22)32-16-18-36-19-17-32/h3-15,20,28,30H,2,16-19H2,1H3/t28-/m1/s1. The summed E-state index contributed by atoms with van der Waals surface area (Å²) in [6.07, 6.45) is 1.61. The summed E-state index contributed by atoms with van der Waals surface area (Å²) in [6.45, 7) is 5.24. The number of esters is 1. The van der Waals surface area contributed by atoms with E-state index >= 15 is 0 Å². The molecule has 0 radical (unpaired) electrons. The zero-order valence-electron chi connectivity index (χ0n) is 20.7. The average molecular weight is 496 g/mol.